The molecule has 21 aromatic rings. The summed E-state index contributed by atoms with van der Waals surface area (Å²) < 4.78 is 15.2. The molecule has 548 valence electrons. The van der Waals surface area contributed by atoms with Crippen molar-refractivity contribution >= 4 is 99.8 Å². The number of furan rings is 2. The van der Waals surface area contributed by atoms with Crippen molar-refractivity contribution < 1.29 is 8.83 Å². The van der Waals surface area contributed by atoms with Gasteiger partial charge in [-0.1, -0.05) is 323 Å². The van der Waals surface area contributed by atoms with Gasteiger partial charge in [0.05, 0.1) is 11.0 Å². The zero-order chi connectivity index (χ0) is 77.2. The maximum absolute atomic E-state index is 6.42. The molecule has 3 aromatic heterocycles. The van der Waals surface area contributed by atoms with E-state index in [0.29, 0.717) is 0 Å². The van der Waals surface area contributed by atoms with Crippen LogP contribution in [0.4, 0.5) is 34.1 Å². The smallest absolute Gasteiger partial charge is 0.143 e. The van der Waals surface area contributed by atoms with Gasteiger partial charge in [0, 0.05) is 88.7 Å². The molecule has 116 heavy (non-hydrogen) atoms. The second-order valence-corrected chi connectivity index (χ2v) is 30.7. The monoisotopic (exact) mass is 1480 g/mol. The predicted molar refractivity (Wildman–Crippen MR) is 487 cm³/mol. The summed E-state index contributed by atoms with van der Waals surface area (Å²) in [5, 5.41) is 7.09. The molecule has 0 saturated heterocycles. The van der Waals surface area contributed by atoms with Crippen molar-refractivity contribution in [3.8, 4) is 94.7 Å². The molecule has 0 atom stereocenters. The van der Waals surface area contributed by atoms with E-state index in [1.807, 2.05) is 24.3 Å². The third kappa shape index (κ3) is 12.4. The van der Waals surface area contributed by atoms with E-state index >= 15 is 0 Å². The third-order valence-corrected chi connectivity index (χ3v) is 23.5. The Bertz CT molecular complexity index is 7200. The predicted octanol–water partition coefficient (Wildman–Crippen LogP) is 31.2. The molecule has 1 aliphatic carbocycles. The van der Waals surface area contributed by atoms with Crippen molar-refractivity contribution in [2.24, 2.45) is 0 Å². The largest absolute Gasteiger partial charge is 0.455 e. The molecule has 5 nitrogen and oxygen atoms in total. The maximum Gasteiger partial charge on any atom is 0.143 e. The highest BCUT2D eigenvalue weighted by molar-refractivity contribution is 6.12. The summed E-state index contributed by atoms with van der Waals surface area (Å²) in [5.74, 6) is 0. The number of aromatic nitrogens is 1. The molecule has 0 spiro atoms. The fourth-order valence-corrected chi connectivity index (χ4v) is 17.7. The van der Waals surface area contributed by atoms with Crippen LogP contribution in [0.25, 0.3) is 160 Å². The third-order valence-electron chi connectivity index (χ3n) is 23.5. The van der Waals surface area contributed by atoms with Crippen molar-refractivity contribution in [3.63, 3.8) is 0 Å². The van der Waals surface area contributed by atoms with Gasteiger partial charge in [-0.3, -0.25) is 0 Å². The Morgan fingerprint density at radius 3 is 0.983 bits per heavy atom. The molecule has 5 heteroatoms. The molecule has 0 saturated carbocycles. The lowest BCUT2D eigenvalue weighted by Crippen LogP contribution is -2.16. The zero-order valence-corrected chi connectivity index (χ0v) is 64.2. The Morgan fingerprint density at radius 2 is 0.517 bits per heavy atom. The Hall–Kier alpha value is -15.0. The van der Waals surface area contributed by atoms with Gasteiger partial charge in [-0.25, -0.2) is 0 Å². The fraction of sp³-hybridized carbons (Fsp3) is 0.0270. The molecule has 1 aliphatic rings. The van der Waals surface area contributed by atoms with Crippen LogP contribution in [0.1, 0.15) is 25.0 Å². The van der Waals surface area contributed by atoms with E-state index in [0.717, 1.165) is 134 Å². The van der Waals surface area contributed by atoms with E-state index < -0.39 is 0 Å². The number of fused-ring (bicyclic) bond motifs is 12. The van der Waals surface area contributed by atoms with Gasteiger partial charge < -0.3 is 23.2 Å². The van der Waals surface area contributed by atoms with Crippen LogP contribution in [0.3, 0.4) is 0 Å². The van der Waals surface area contributed by atoms with Gasteiger partial charge >= 0.3 is 0 Å². The van der Waals surface area contributed by atoms with Crippen LogP contribution in [0, 0.1) is 0 Å². The SMILES string of the molecule is CC1(C)c2ccccc2-c2ccc(N(c3ccc(-c4ccccc4)cc3)c3ccc(-c4cccc(-c5cccc6c5oc5ccccc56)c4)cc3)cc21.c1ccc(-c2ccc(N(c3ccc(-c4cccc(-c5cccc6c5oc5ccccc56)c4)cc3)c3ccc(-c4cccc(-n5c6ccccc6c6ccccc65)c4)cc3)cc2)cc1. The van der Waals surface area contributed by atoms with E-state index in [1.165, 1.54) is 71.9 Å². The Balaban J connectivity index is 0.000000147. The van der Waals surface area contributed by atoms with Gasteiger partial charge in [-0.05, 0) is 210 Å². The molecular weight excluding hydrogens is 1410 g/mol. The number of anilines is 6. The quantitative estimate of drug-likeness (QED) is 0.109. The molecule has 0 fully saturated rings. The van der Waals surface area contributed by atoms with Crippen molar-refractivity contribution in [2.45, 2.75) is 19.3 Å². The fourth-order valence-electron chi connectivity index (χ4n) is 17.7. The van der Waals surface area contributed by atoms with Crippen molar-refractivity contribution in [1.29, 1.82) is 0 Å². The van der Waals surface area contributed by atoms with Crippen LogP contribution >= 0.6 is 0 Å². The second-order valence-electron chi connectivity index (χ2n) is 30.7. The first kappa shape index (κ1) is 68.9. The van der Waals surface area contributed by atoms with Crippen LogP contribution < -0.4 is 9.80 Å². The Labute approximate surface area is 674 Å². The summed E-state index contributed by atoms with van der Waals surface area (Å²) in [6, 6.07) is 155. The molecule has 22 rings (SSSR count). The summed E-state index contributed by atoms with van der Waals surface area (Å²) in [7, 11) is 0. The minimum atomic E-state index is -0.0909. The first-order valence-corrected chi connectivity index (χ1v) is 39.8. The van der Waals surface area contributed by atoms with Crippen LogP contribution in [0.2, 0.25) is 0 Å². The van der Waals surface area contributed by atoms with E-state index in [2.05, 4.69) is 435 Å². The lowest BCUT2D eigenvalue weighted by molar-refractivity contribution is 0.660. The molecule has 0 amide bonds. The standard InChI is InChI=1S/C60H40N2O.C51H37NO/c1-2-13-41(14-3-1)42-27-33-48(34-28-42)61(49-35-29-43(30-36-49)45-15-10-17-47(39-45)52-22-12-23-56-55-21-6-9-26-59(55)63-60(52)56)50-37-31-44(32-38-50)46-16-11-18-51(40-46)62-57-24-7-4-19-53(57)54-20-5-8-25-58(54)62;1-51(2)47-20-8-6-16-43(47)44-31-30-41(33-48(44)51)52(39-26-22-35(23-27-39)34-12-4-3-5-13-34)40-28-24-36(25-29-40)37-14-10-15-38(32-37)42-18-11-19-46-45-17-7-9-21-49(45)53-50(42)46/h1-40H;3-33H,1-2H3. The van der Waals surface area contributed by atoms with E-state index in [4.69, 9.17) is 8.83 Å². The number of benzene rings is 18. The minimum absolute atomic E-state index is 0.0909. The molecule has 0 N–H and O–H groups in total. The first-order chi connectivity index (χ1) is 57.3. The Kier molecular flexibility index (Phi) is 17.2. The van der Waals surface area contributed by atoms with Gasteiger partial charge in [0.2, 0.25) is 0 Å². The van der Waals surface area contributed by atoms with Gasteiger partial charge in [0.25, 0.3) is 0 Å². The summed E-state index contributed by atoms with van der Waals surface area (Å²) in [4.78, 5) is 4.73. The number of rotatable bonds is 14. The number of nitrogens with zero attached hydrogens (tertiary/aromatic N) is 3. The molecule has 0 aliphatic heterocycles. The molecule has 18 aromatic carbocycles. The lowest BCUT2D eigenvalue weighted by Gasteiger charge is -2.28. The van der Waals surface area contributed by atoms with Gasteiger partial charge in [-0.15, -0.1) is 0 Å². The maximum atomic E-state index is 6.42. The highest BCUT2D eigenvalue weighted by atomic mass is 16.3. The van der Waals surface area contributed by atoms with Crippen LogP contribution in [0.15, 0.2) is 440 Å². The van der Waals surface area contributed by atoms with Gasteiger partial charge in [0.15, 0.2) is 0 Å². The number of para-hydroxylation sites is 6. The first-order valence-electron chi connectivity index (χ1n) is 39.8. The van der Waals surface area contributed by atoms with Gasteiger partial charge in [-0.2, -0.15) is 0 Å². The van der Waals surface area contributed by atoms with Crippen LogP contribution in [-0.4, -0.2) is 4.57 Å². The highest BCUT2D eigenvalue weighted by Gasteiger charge is 2.36. The van der Waals surface area contributed by atoms with E-state index in [1.54, 1.807) is 0 Å². The second kappa shape index (κ2) is 28.9. The van der Waals surface area contributed by atoms with Crippen LogP contribution in [0.5, 0.6) is 0 Å². The summed E-state index contributed by atoms with van der Waals surface area (Å²) in [5.41, 5.74) is 35.4. The Morgan fingerprint density at radius 1 is 0.207 bits per heavy atom. The molecular formula is C111H77N3O2. The molecule has 3 heterocycles. The minimum Gasteiger partial charge on any atom is -0.455 e. The normalized spacial score (nSPS) is 12.1. The summed E-state index contributed by atoms with van der Waals surface area (Å²) in [6.45, 7) is 4.69. The van der Waals surface area contributed by atoms with E-state index in [9.17, 15) is 0 Å². The van der Waals surface area contributed by atoms with E-state index in [-0.39, 0.29) is 5.41 Å². The average molecular weight is 1480 g/mol. The van der Waals surface area contributed by atoms with Gasteiger partial charge in [0.1, 0.15) is 22.3 Å². The van der Waals surface area contributed by atoms with Crippen molar-refractivity contribution in [3.05, 3.63) is 442 Å². The zero-order valence-electron chi connectivity index (χ0n) is 64.2. The summed E-state index contributed by atoms with van der Waals surface area (Å²) in [6.07, 6.45) is 0. The summed E-state index contributed by atoms with van der Waals surface area (Å²) >= 11 is 0. The van der Waals surface area contributed by atoms with Crippen molar-refractivity contribution in [2.75, 3.05) is 9.80 Å². The highest BCUT2D eigenvalue weighted by Crippen LogP contribution is 2.52. The molecule has 0 radical (unpaired) electrons. The average Bonchev–Trinajstić information content (AvgIpc) is 1.58. The molecule has 0 bridgehead atoms. The lowest BCUT2D eigenvalue weighted by atomic mass is 9.82. The van der Waals surface area contributed by atoms with Crippen molar-refractivity contribution in [1.82, 2.24) is 4.57 Å². The number of hydrogen-bond acceptors (Lipinski definition) is 4. The topological polar surface area (TPSA) is 37.7 Å². The molecule has 0 unspecified atom stereocenters. The van der Waals surface area contributed by atoms with Crippen LogP contribution in [-0.2, 0) is 5.41 Å². The number of hydrogen-bond donors (Lipinski definition) is 0.